The van der Waals surface area contributed by atoms with Crippen LogP contribution in [0.3, 0.4) is 0 Å². The smallest absolute Gasteiger partial charge is 0.233 e. The van der Waals surface area contributed by atoms with Gasteiger partial charge in [-0.25, -0.2) is 17.5 Å². The maximum absolute atomic E-state index is 12.8. The van der Waals surface area contributed by atoms with Gasteiger partial charge in [-0.05, 0) is 48.7 Å². The molecule has 29 heavy (non-hydrogen) atoms. The quantitative estimate of drug-likeness (QED) is 0.517. The van der Waals surface area contributed by atoms with Crippen molar-refractivity contribution in [3.63, 3.8) is 0 Å². The van der Waals surface area contributed by atoms with E-state index in [2.05, 4.69) is 10.0 Å². The lowest BCUT2D eigenvalue weighted by atomic mass is 10.2. The fraction of sp³-hybridized carbons (Fsp3) is 0.286. The summed E-state index contributed by atoms with van der Waals surface area (Å²) >= 11 is 0. The molecule has 0 fully saturated rings. The highest BCUT2D eigenvalue weighted by atomic mass is 32.2. The summed E-state index contributed by atoms with van der Waals surface area (Å²) in [6.07, 6.45) is 3.01. The lowest BCUT2D eigenvalue weighted by molar-refractivity contribution is -0.120. The summed E-state index contributed by atoms with van der Waals surface area (Å²) in [5.74, 6) is 0.0674. The third kappa shape index (κ3) is 9.87. The molecule has 0 aliphatic rings. The second-order valence-electron chi connectivity index (χ2n) is 6.26. The summed E-state index contributed by atoms with van der Waals surface area (Å²) in [6, 6.07) is 14.9. The maximum atomic E-state index is 12.8. The lowest BCUT2D eigenvalue weighted by Gasteiger charge is -2.07. The molecule has 0 aliphatic carbocycles. The summed E-state index contributed by atoms with van der Waals surface area (Å²) in [6.45, 7) is 0.975. The summed E-state index contributed by atoms with van der Waals surface area (Å²) in [4.78, 5) is 11.8. The fourth-order valence-corrected chi connectivity index (χ4v) is 3.17. The highest BCUT2D eigenvalue weighted by Gasteiger charge is 2.07. The Morgan fingerprint density at radius 1 is 1.00 bits per heavy atom. The Balaban J connectivity index is 1.54. The van der Waals surface area contributed by atoms with E-state index in [1.54, 1.807) is 24.3 Å². The fourth-order valence-electron chi connectivity index (χ4n) is 2.35. The van der Waals surface area contributed by atoms with Gasteiger partial charge in [-0.1, -0.05) is 30.3 Å². The predicted octanol–water partition coefficient (Wildman–Crippen LogP) is 3.08. The van der Waals surface area contributed by atoms with Crippen molar-refractivity contribution in [1.82, 2.24) is 10.0 Å². The summed E-state index contributed by atoms with van der Waals surface area (Å²) < 4.78 is 44.4. The molecule has 0 aliphatic heterocycles. The van der Waals surface area contributed by atoms with Gasteiger partial charge in [0.25, 0.3) is 0 Å². The average molecular weight is 421 g/mol. The number of sulfonamides is 1. The van der Waals surface area contributed by atoms with Gasteiger partial charge in [-0.15, -0.1) is 0 Å². The topological polar surface area (TPSA) is 84.5 Å². The zero-order chi connectivity index (χ0) is 21.0. The molecule has 1 amide bonds. The van der Waals surface area contributed by atoms with E-state index in [9.17, 15) is 17.6 Å². The van der Waals surface area contributed by atoms with Crippen LogP contribution in [0.2, 0.25) is 0 Å². The highest BCUT2D eigenvalue weighted by molar-refractivity contribution is 7.92. The van der Waals surface area contributed by atoms with Crippen molar-refractivity contribution < 1.29 is 22.3 Å². The monoisotopic (exact) mass is 420 g/mol. The Kier molecular flexibility index (Phi) is 9.33. The highest BCUT2D eigenvalue weighted by Crippen LogP contribution is 2.11. The van der Waals surface area contributed by atoms with E-state index in [0.717, 1.165) is 23.8 Å². The molecular weight excluding hydrogens is 395 g/mol. The van der Waals surface area contributed by atoms with Crippen molar-refractivity contribution >= 4 is 22.0 Å². The standard InChI is InChI=1S/C21H25FN2O4S/c22-19-8-10-20(11-9-19)28-16-5-4-14-23-21(25)12-15-24-29(26,27)17-13-18-6-2-1-3-7-18/h1-3,6-11,13,17,24H,4-5,12,14-16H2,(H,23,25)/b17-13+. The van der Waals surface area contributed by atoms with Gasteiger partial charge in [0.1, 0.15) is 11.6 Å². The van der Waals surface area contributed by atoms with Crippen LogP contribution < -0.4 is 14.8 Å². The molecule has 8 heteroatoms. The molecule has 0 unspecified atom stereocenters. The van der Waals surface area contributed by atoms with E-state index in [1.807, 2.05) is 18.2 Å². The third-order valence-corrected chi connectivity index (χ3v) is 4.97. The zero-order valence-electron chi connectivity index (χ0n) is 16.0. The first-order chi connectivity index (χ1) is 13.9. The number of amides is 1. The minimum atomic E-state index is -3.59. The van der Waals surface area contributed by atoms with Crippen LogP contribution in [0.4, 0.5) is 4.39 Å². The van der Waals surface area contributed by atoms with E-state index in [1.165, 1.54) is 18.2 Å². The minimum Gasteiger partial charge on any atom is -0.494 e. The van der Waals surface area contributed by atoms with Crippen LogP contribution in [0.5, 0.6) is 5.75 Å². The van der Waals surface area contributed by atoms with Crippen LogP contribution in [0.25, 0.3) is 6.08 Å². The Labute approximate surface area is 170 Å². The second-order valence-corrected chi connectivity index (χ2v) is 7.91. The van der Waals surface area contributed by atoms with Crippen molar-refractivity contribution in [2.75, 3.05) is 19.7 Å². The van der Waals surface area contributed by atoms with Gasteiger partial charge in [0.05, 0.1) is 6.61 Å². The van der Waals surface area contributed by atoms with Gasteiger partial charge in [0.2, 0.25) is 15.9 Å². The van der Waals surface area contributed by atoms with E-state index in [-0.39, 0.29) is 24.7 Å². The van der Waals surface area contributed by atoms with Crippen molar-refractivity contribution in [2.45, 2.75) is 19.3 Å². The van der Waals surface area contributed by atoms with E-state index in [0.29, 0.717) is 18.9 Å². The van der Waals surface area contributed by atoms with Crippen LogP contribution in [-0.2, 0) is 14.8 Å². The Morgan fingerprint density at radius 3 is 2.45 bits per heavy atom. The zero-order valence-corrected chi connectivity index (χ0v) is 16.8. The first-order valence-corrected chi connectivity index (χ1v) is 10.9. The molecule has 0 heterocycles. The van der Waals surface area contributed by atoms with Crippen LogP contribution in [0, 0.1) is 5.82 Å². The molecule has 2 aromatic carbocycles. The van der Waals surface area contributed by atoms with Gasteiger partial charge in [0.15, 0.2) is 0 Å². The molecule has 2 rings (SSSR count). The van der Waals surface area contributed by atoms with Crippen molar-refractivity contribution in [1.29, 1.82) is 0 Å². The normalized spacial score (nSPS) is 11.5. The van der Waals surface area contributed by atoms with Crippen LogP contribution in [0.15, 0.2) is 60.0 Å². The molecule has 2 N–H and O–H groups in total. The van der Waals surface area contributed by atoms with Gasteiger partial charge in [-0.2, -0.15) is 0 Å². The molecule has 0 saturated carbocycles. The average Bonchev–Trinajstić information content (AvgIpc) is 2.71. The molecule has 0 radical (unpaired) electrons. The van der Waals surface area contributed by atoms with E-state index in [4.69, 9.17) is 4.74 Å². The van der Waals surface area contributed by atoms with E-state index < -0.39 is 10.0 Å². The summed E-state index contributed by atoms with van der Waals surface area (Å²) in [7, 11) is -3.59. The molecule has 0 bridgehead atoms. The first kappa shape index (κ1) is 22.6. The number of ether oxygens (including phenoxy) is 1. The molecule has 0 saturated heterocycles. The van der Waals surface area contributed by atoms with Gasteiger partial charge >= 0.3 is 0 Å². The van der Waals surface area contributed by atoms with Crippen molar-refractivity contribution in [3.8, 4) is 5.75 Å². The van der Waals surface area contributed by atoms with Crippen LogP contribution >= 0.6 is 0 Å². The summed E-state index contributed by atoms with van der Waals surface area (Å²) in [5, 5.41) is 3.82. The lowest BCUT2D eigenvalue weighted by Crippen LogP contribution is -2.30. The number of unbranched alkanes of at least 4 members (excludes halogenated alkanes) is 1. The number of halogens is 1. The number of hydrogen-bond donors (Lipinski definition) is 2. The number of rotatable bonds is 12. The molecule has 2 aromatic rings. The minimum absolute atomic E-state index is 0.0287. The molecule has 0 aromatic heterocycles. The maximum Gasteiger partial charge on any atom is 0.233 e. The molecule has 0 spiro atoms. The number of hydrogen-bond acceptors (Lipinski definition) is 4. The Bertz CT molecular complexity index is 885. The van der Waals surface area contributed by atoms with Crippen LogP contribution in [-0.4, -0.2) is 34.0 Å². The predicted molar refractivity (Wildman–Crippen MR) is 111 cm³/mol. The van der Waals surface area contributed by atoms with Gasteiger partial charge in [-0.3, -0.25) is 4.79 Å². The second kappa shape index (κ2) is 12.0. The van der Waals surface area contributed by atoms with Gasteiger partial charge < -0.3 is 10.1 Å². The molecule has 156 valence electrons. The molecule has 0 atom stereocenters. The number of nitrogens with one attached hydrogen (secondary N) is 2. The molecular formula is C21H25FN2O4S. The first-order valence-electron chi connectivity index (χ1n) is 9.32. The number of carbonyl (C=O) groups is 1. The number of benzene rings is 2. The number of carbonyl (C=O) groups excluding carboxylic acids is 1. The molecule has 6 nitrogen and oxygen atoms in total. The Hall–Kier alpha value is -2.71. The largest absolute Gasteiger partial charge is 0.494 e. The third-order valence-electron chi connectivity index (χ3n) is 3.87. The Morgan fingerprint density at radius 2 is 1.72 bits per heavy atom. The van der Waals surface area contributed by atoms with Crippen molar-refractivity contribution in [2.24, 2.45) is 0 Å². The van der Waals surface area contributed by atoms with Gasteiger partial charge in [0, 0.05) is 24.9 Å². The van der Waals surface area contributed by atoms with Crippen LogP contribution in [0.1, 0.15) is 24.8 Å². The van der Waals surface area contributed by atoms with Crippen molar-refractivity contribution in [3.05, 3.63) is 71.4 Å². The summed E-state index contributed by atoms with van der Waals surface area (Å²) in [5.41, 5.74) is 0.777. The van der Waals surface area contributed by atoms with E-state index >= 15 is 0 Å². The SMILES string of the molecule is O=C(CCNS(=O)(=O)/C=C/c1ccccc1)NCCCCOc1ccc(F)cc1.